The van der Waals surface area contributed by atoms with Crippen molar-refractivity contribution in [1.29, 1.82) is 0 Å². The maximum absolute atomic E-state index is 13.3. The molecule has 1 N–H and O–H groups in total. The average Bonchev–Trinajstić information content (AvgIpc) is 3.29. The van der Waals surface area contributed by atoms with E-state index in [1.165, 1.54) is 0 Å². The largest absolute Gasteiger partial charge is 0.505 e. The lowest BCUT2D eigenvalue weighted by molar-refractivity contribution is -0.139. The van der Waals surface area contributed by atoms with E-state index in [1.807, 2.05) is 69.2 Å². The number of aliphatic hydroxyl groups excluding tert-OH is 1. The lowest BCUT2D eigenvalue weighted by Crippen LogP contribution is -2.32. The van der Waals surface area contributed by atoms with Crippen LogP contribution in [0.1, 0.15) is 41.9 Å². The van der Waals surface area contributed by atoms with Crippen molar-refractivity contribution in [2.24, 2.45) is 0 Å². The Bertz CT molecular complexity index is 1290. The molecule has 1 atom stereocenters. The van der Waals surface area contributed by atoms with E-state index in [9.17, 15) is 14.7 Å². The minimum atomic E-state index is -0.706. The van der Waals surface area contributed by atoms with Crippen LogP contribution in [-0.4, -0.2) is 69.8 Å². The molecule has 4 rings (SSSR count). The van der Waals surface area contributed by atoms with Crippen LogP contribution in [0.3, 0.4) is 0 Å². The summed E-state index contributed by atoms with van der Waals surface area (Å²) in [5.41, 5.74) is 3.47. The number of fused-ring (bicyclic) bond motifs is 1. The summed E-state index contributed by atoms with van der Waals surface area (Å²) in [6, 6.07) is 10.4. The summed E-state index contributed by atoms with van der Waals surface area (Å²) in [7, 11) is 3.93. The van der Waals surface area contributed by atoms with E-state index >= 15 is 0 Å². The highest BCUT2D eigenvalue weighted by molar-refractivity contribution is 6.46. The number of aromatic nitrogens is 2. The van der Waals surface area contributed by atoms with Gasteiger partial charge in [0, 0.05) is 12.7 Å². The zero-order chi connectivity index (χ0) is 25.3. The fraction of sp³-hybridized carbons (Fsp3) is 0.370. The van der Waals surface area contributed by atoms with Gasteiger partial charge < -0.3 is 19.6 Å². The zero-order valence-corrected chi connectivity index (χ0v) is 20.9. The number of ether oxygens (including phenoxy) is 1. The molecular weight excluding hydrogens is 444 g/mol. The molecule has 3 heterocycles. The third kappa shape index (κ3) is 4.53. The fourth-order valence-electron chi connectivity index (χ4n) is 4.66. The molecule has 1 aliphatic rings. The molecule has 2 aromatic heterocycles. The highest BCUT2D eigenvalue weighted by atomic mass is 16.5. The van der Waals surface area contributed by atoms with Gasteiger partial charge in [0.2, 0.25) is 0 Å². The molecule has 0 bridgehead atoms. The molecule has 1 fully saturated rings. The van der Waals surface area contributed by atoms with Crippen molar-refractivity contribution in [2.75, 3.05) is 33.8 Å². The Hall–Kier alpha value is -3.65. The number of likely N-dealkylation sites (tertiary alicyclic amines) is 1. The molecule has 0 radical (unpaired) electrons. The quantitative estimate of drug-likeness (QED) is 0.303. The Balaban J connectivity index is 1.87. The summed E-state index contributed by atoms with van der Waals surface area (Å²) < 4.78 is 7.34. The molecule has 3 aromatic rings. The van der Waals surface area contributed by atoms with Crippen LogP contribution in [0.2, 0.25) is 0 Å². The number of rotatable bonds is 8. The van der Waals surface area contributed by atoms with Gasteiger partial charge in [0.1, 0.15) is 17.1 Å². The summed E-state index contributed by atoms with van der Waals surface area (Å²) in [4.78, 5) is 34.7. The first-order chi connectivity index (χ1) is 16.7. The topological polar surface area (TPSA) is 87.4 Å². The predicted molar refractivity (Wildman–Crippen MR) is 134 cm³/mol. The van der Waals surface area contributed by atoms with Gasteiger partial charge in [-0.05, 0) is 77.2 Å². The van der Waals surface area contributed by atoms with Crippen LogP contribution in [0.15, 0.2) is 48.2 Å². The van der Waals surface area contributed by atoms with Gasteiger partial charge in [-0.15, -0.1) is 0 Å². The number of aryl methyl sites for hydroxylation is 2. The summed E-state index contributed by atoms with van der Waals surface area (Å²) in [5, 5.41) is 11.6. The van der Waals surface area contributed by atoms with E-state index in [-0.39, 0.29) is 11.3 Å². The second-order valence-electron chi connectivity index (χ2n) is 9.08. The Kier molecular flexibility index (Phi) is 6.93. The van der Waals surface area contributed by atoms with Crippen LogP contribution < -0.4 is 4.74 Å². The third-order valence-corrected chi connectivity index (χ3v) is 6.29. The molecule has 1 aromatic carbocycles. The highest BCUT2D eigenvalue weighted by Crippen LogP contribution is 2.40. The maximum atomic E-state index is 13.3. The smallest absolute Gasteiger partial charge is 0.295 e. The second-order valence-corrected chi connectivity index (χ2v) is 9.08. The Labute approximate surface area is 205 Å². The van der Waals surface area contributed by atoms with Crippen molar-refractivity contribution in [3.8, 4) is 5.75 Å². The van der Waals surface area contributed by atoms with Crippen molar-refractivity contribution >= 4 is 23.1 Å². The van der Waals surface area contributed by atoms with Gasteiger partial charge >= 0.3 is 0 Å². The number of hydrogen-bond acceptors (Lipinski definition) is 6. The number of nitrogens with zero attached hydrogens (tertiary/aromatic N) is 4. The monoisotopic (exact) mass is 476 g/mol. The molecule has 0 saturated carbocycles. The molecule has 0 spiro atoms. The van der Waals surface area contributed by atoms with E-state index in [0.29, 0.717) is 42.4 Å². The van der Waals surface area contributed by atoms with Gasteiger partial charge in [0.15, 0.2) is 5.76 Å². The van der Waals surface area contributed by atoms with Crippen LogP contribution in [0.4, 0.5) is 0 Å². The normalized spacial score (nSPS) is 17.7. The van der Waals surface area contributed by atoms with Gasteiger partial charge in [-0.2, -0.15) is 0 Å². The average molecular weight is 477 g/mol. The number of amides is 1. The van der Waals surface area contributed by atoms with E-state index in [2.05, 4.69) is 4.98 Å². The van der Waals surface area contributed by atoms with Crippen LogP contribution in [0.5, 0.6) is 5.75 Å². The van der Waals surface area contributed by atoms with Gasteiger partial charge in [-0.3, -0.25) is 14.0 Å². The SMILES string of the molecule is CCOc1ccc([C@@H]2C(=C(O)c3c(C)nc4c(C)cccn34)C(=O)C(=O)N2CCCN(C)C)cc1. The molecule has 8 heteroatoms. The van der Waals surface area contributed by atoms with E-state index in [4.69, 9.17) is 4.74 Å². The standard InChI is InChI=1S/C27H32N4O4/c1-6-35-20-12-10-19(11-13-20)23-21(25(33)27(34)31(23)16-8-14-29(4)5)24(32)22-18(3)28-26-17(2)9-7-15-30(22)26/h7,9-13,15,23,32H,6,8,14,16H2,1-5H3/t23-/m1/s1. The Morgan fingerprint density at radius 3 is 2.51 bits per heavy atom. The molecule has 1 aliphatic heterocycles. The van der Waals surface area contributed by atoms with Crippen molar-refractivity contribution in [3.63, 3.8) is 0 Å². The summed E-state index contributed by atoms with van der Waals surface area (Å²) >= 11 is 0. The van der Waals surface area contributed by atoms with Crippen LogP contribution in [0.25, 0.3) is 11.4 Å². The molecule has 1 saturated heterocycles. The zero-order valence-electron chi connectivity index (χ0n) is 20.9. The molecule has 1 amide bonds. The number of imidazole rings is 1. The summed E-state index contributed by atoms with van der Waals surface area (Å²) in [6.07, 6.45) is 2.50. The van der Waals surface area contributed by atoms with Crippen LogP contribution >= 0.6 is 0 Å². The number of ketones is 1. The first-order valence-electron chi connectivity index (χ1n) is 11.8. The van der Waals surface area contributed by atoms with Gasteiger partial charge in [0.05, 0.1) is 23.9 Å². The number of aliphatic hydroxyl groups is 1. The van der Waals surface area contributed by atoms with Crippen LogP contribution in [-0.2, 0) is 9.59 Å². The number of carbonyl (C=O) groups excluding carboxylic acids is 2. The maximum Gasteiger partial charge on any atom is 0.295 e. The van der Waals surface area contributed by atoms with Crippen LogP contribution in [0, 0.1) is 13.8 Å². The number of carbonyl (C=O) groups is 2. The lowest BCUT2D eigenvalue weighted by atomic mass is 9.96. The van der Waals surface area contributed by atoms with Gasteiger partial charge in [-0.25, -0.2) is 4.98 Å². The summed E-state index contributed by atoms with van der Waals surface area (Å²) in [6.45, 7) is 7.34. The molecule has 0 aliphatic carbocycles. The number of hydrogen-bond donors (Lipinski definition) is 1. The van der Waals surface area contributed by atoms with Crippen molar-refractivity contribution in [2.45, 2.75) is 33.2 Å². The Morgan fingerprint density at radius 2 is 1.86 bits per heavy atom. The Morgan fingerprint density at radius 1 is 1.14 bits per heavy atom. The minimum Gasteiger partial charge on any atom is -0.505 e. The predicted octanol–water partition coefficient (Wildman–Crippen LogP) is 3.72. The number of pyridine rings is 1. The lowest BCUT2D eigenvalue weighted by Gasteiger charge is -2.26. The van der Waals surface area contributed by atoms with E-state index < -0.39 is 17.7 Å². The van der Waals surface area contributed by atoms with E-state index in [0.717, 1.165) is 17.7 Å². The third-order valence-electron chi connectivity index (χ3n) is 6.29. The van der Waals surface area contributed by atoms with E-state index in [1.54, 1.807) is 22.4 Å². The van der Waals surface area contributed by atoms with Crippen molar-refractivity contribution < 1.29 is 19.4 Å². The highest BCUT2D eigenvalue weighted by Gasteiger charge is 2.46. The van der Waals surface area contributed by atoms with Gasteiger partial charge in [0.25, 0.3) is 11.7 Å². The first-order valence-corrected chi connectivity index (χ1v) is 11.8. The molecule has 35 heavy (non-hydrogen) atoms. The number of Topliss-reactive ketones (excluding diaryl/α,β-unsaturated/α-hetero) is 1. The molecule has 184 valence electrons. The van der Waals surface area contributed by atoms with Crippen molar-refractivity contribution in [1.82, 2.24) is 19.2 Å². The molecule has 8 nitrogen and oxygen atoms in total. The summed E-state index contributed by atoms with van der Waals surface area (Å²) in [5.74, 6) is -0.804. The fourth-order valence-corrected chi connectivity index (χ4v) is 4.66. The molecular formula is C27H32N4O4. The second kappa shape index (κ2) is 9.92. The number of benzene rings is 1. The van der Waals surface area contributed by atoms with Crippen molar-refractivity contribution in [3.05, 3.63) is 70.7 Å². The van der Waals surface area contributed by atoms with Gasteiger partial charge in [-0.1, -0.05) is 18.2 Å². The molecule has 0 unspecified atom stereocenters. The first kappa shape index (κ1) is 24.5. The minimum absolute atomic E-state index is 0.0791.